The van der Waals surface area contributed by atoms with Gasteiger partial charge in [-0.25, -0.2) is 4.68 Å². The number of benzene rings is 1. The van der Waals surface area contributed by atoms with E-state index in [0.717, 1.165) is 12.8 Å². The van der Waals surface area contributed by atoms with Crippen LogP contribution in [-0.2, 0) is 4.74 Å². The molecule has 0 bridgehead atoms. The van der Waals surface area contributed by atoms with Gasteiger partial charge in [-0.05, 0) is 24.5 Å². The number of anilines is 2. The van der Waals surface area contributed by atoms with E-state index in [4.69, 9.17) is 10.5 Å². The van der Waals surface area contributed by atoms with Crippen LogP contribution in [0, 0.1) is 0 Å². The Bertz CT molecular complexity index is 821. The molecule has 0 radical (unpaired) electrons. The summed E-state index contributed by atoms with van der Waals surface area (Å²) in [7, 11) is 0. The molecule has 1 saturated heterocycles. The second-order valence-electron chi connectivity index (χ2n) is 6.06. The number of hydrogen-bond donors (Lipinski definition) is 2. The Hall–Kier alpha value is -2.93. The molecule has 25 heavy (non-hydrogen) atoms. The van der Waals surface area contributed by atoms with Gasteiger partial charge in [0.1, 0.15) is 5.82 Å². The molecule has 0 amide bonds. The lowest BCUT2D eigenvalue weighted by Crippen LogP contribution is -2.30. The van der Waals surface area contributed by atoms with Gasteiger partial charge >= 0.3 is 0 Å². The molecular formula is C18H20N6O. The summed E-state index contributed by atoms with van der Waals surface area (Å²) in [5.41, 5.74) is 7.06. The molecule has 4 rings (SSSR count). The second kappa shape index (κ2) is 6.90. The summed E-state index contributed by atoms with van der Waals surface area (Å²) >= 11 is 0. The number of nitrogens with one attached hydrogen (secondary N) is 1. The molecule has 3 N–H and O–H groups in total. The van der Waals surface area contributed by atoms with Crippen molar-refractivity contribution >= 4 is 11.8 Å². The maximum absolute atomic E-state index is 5.93. The maximum Gasteiger partial charge on any atom is 0.224 e. The Balaban J connectivity index is 1.50. The van der Waals surface area contributed by atoms with E-state index in [9.17, 15) is 0 Å². The van der Waals surface area contributed by atoms with Gasteiger partial charge in [-0.3, -0.25) is 0 Å². The predicted octanol–water partition coefficient (Wildman–Crippen LogP) is 2.58. The molecule has 128 valence electrons. The molecule has 0 aliphatic carbocycles. The van der Waals surface area contributed by atoms with E-state index < -0.39 is 0 Å². The zero-order valence-corrected chi connectivity index (χ0v) is 13.7. The van der Waals surface area contributed by atoms with Gasteiger partial charge in [-0.2, -0.15) is 15.1 Å². The van der Waals surface area contributed by atoms with Crippen molar-refractivity contribution in [1.29, 1.82) is 0 Å². The lowest BCUT2D eigenvalue weighted by atomic mass is 9.97. The van der Waals surface area contributed by atoms with Gasteiger partial charge in [0.2, 0.25) is 5.95 Å². The Labute approximate surface area is 145 Å². The highest BCUT2D eigenvalue weighted by Crippen LogP contribution is 2.29. The number of nitrogen functional groups attached to an aromatic ring is 1. The van der Waals surface area contributed by atoms with Crippen molar-refractivity contribution in [2.24, 2.45) is 0 Å². The van der Waals surface area contributed by atoms with E-state index in [1.165, 1.54) is 5.56 Å². The standard InChI is InChI=1S/C18H20N6O/c19-18-22-16(12-17(23-18)24-9-4-8-20-24)21-14-7-10-25-15(11-14)13-5-2-1-3-6-13/h1-6,8-9,12,14-15H,7,10-11H2,(H3,19,21,22,23). The summed E-state index contributed by atoms with van der Waals surface area (Å²) in [6.45, 7) is 0.712. The van der Waals surface area contributed by atoms with E-state index >= 15 is 0 Å². The fourth-order valence-corrected chi connectivity index (χ4v) is 3.09. The third-order valence-corrected chi connectivity index (χ3v) is 4.28. The molecule has 7 nitrogen and oxygen atoms in total. The fraction of sp³-hybridized carbons (Fsp3) is 0.278. The van der Waals surface area contributed by atoms with E-state index in [0.29, 0.717) is 18.2 Å². The van der Waals surface area contributed by atoms with Crippen LogP contribution in [-0.4, -0.2) is 32.4 Å². The van der Waals surface area contributed by atoms with E-state index in [-0.39, 0.29) is 18.1 Å². The minimum atomic E-state index is 0.0946. The normalized spacial score (nSPS) is 20.3. The van der Waals surface area contributed by atoms with Crippen molar-refractivity contribution in [3.63, 3.8) is 0 Å². The third kappa shape index (κ3) is 3.61. The predicted molar refractivity (Wildman–Crippen MR) is 95.3 cm³/mol. The molecule has 0 spiro atoms. The minimum absolute atomic E-state index is 0.0946. The molecule has 7 heteroatoms. The molecule has 2 atom stereocenters. The molecule has 1 aliphatic rings. The Morgan fingerprint density at radius 3 is 2.84 bits per heavy atom. The molecular weight excluding hydrogens is 316 g/mol. The zero-order valence-electron chi connectivity index (χ0n) is 13.7. The summed E-state index contributed by atoms with van der Waals surface area (Å²) < 4.78 is 7.59. The van der Waals surface area contributed by atoms with Crippen molar-refractivity contribution in [2.45, 2.75) is 25.0 Å². The highest BCUT2D eigenvalue weighted by molar-refractivity contribution is 5.46. The fourth-order valence-electron chi connectivity index (χ4n) is 3.09. The van der Waals surface area contributed by atoms with Crippen molar-refractivity contribution in [3.05, 3.63) is 60.4 Å². The molecule has 2 unspecified atom stereocenters. The van der Waals surface area contributed by atoms with Crippen LogP contribution in [0.1, 0.15) is 24.5 Å². The number of aromatic nitrogens is 4. The van der Waals surface area contributed by atoms with Crippen molar-refractivity contribution < 1.29 is 4.74 Å². The summed E-state index contributed by atoms with van der Waals surface area (Å²) in [5, 5.41) is 7.66. The lowest BCUT2D eigenvalue weighted by Gasteiger charge is -2.30. The SMILES string of the molecule is Nc1nc(NC2CCOC(c3ccccc3)C2)cc(-n2cccn2)n1. The van der Waals surface area contributed by atoms with Crippen molar-refractivity contribution in [3.8, 4) is 5.82 Å². The summed E-state index contributed by atoms with van der Waals surface area (Å²) in [4.78, 5) is 8.54. The van der Waals surface area contributed by atoms with Gasteiger partial charge in [-0.15, -0.1) is 0 Å². The summed E-state index contributed by atoms with van der Waals surface area (Å²) in [5.74, 6) is 1.57. The van der Waals surface area contributed by atoms with Crippen LogP contribution in [0.5, 0.6) is 0 Å². The van der Waals surface area contributed by atoms with Crippen LogP contribution in [0.15, 0.2) is 54.9 Å². The topological polar surface area (TPSA) is 90.9 Å². The highest BCUT2D eigenvalue weighted by Gasteiger charge is 2.24. The number of ether oxygens (including phenoxy) is 1. The third-order valence-electron chi connectivity index (χ3n) is 4.28. The first-order chi connectivity index (χ1) is 12.3. The Kier molecular flexibility index (Phi) is 4.30. The Morgan fingerprint density at radius 2 is 2.04 bits per heavy atom. The number of hydrogen-bond acceptors (Lipinski definition) is 6. The maximum atomic E-state index is 5.93. The monoisotopic (exact) mass is 336 g/mol. The van der Waals surface area contributed by atoms with Gasteiger partial charge in [0, 0.05) is 31.1 Å². The first kappa shape index (κ1) is 15.6. The average Bonchev–Trinajstić information content (AvgIpc) is 3.17. The molecule has 1 aromatic carbocycles. The number of nitrogens with two attached hydrogens (primary N) is 1. The van der Waals surface area contributed by atoms with Crippen LogP contribution in [0.3, 0.4) is 0 Å². The first-order valence-corrected chi connectivity index (χ1v) is 8.35. The second-order valence-corrected chi connectivity index (χ2v) is 6.06. The average molecular weight is 336 g/mol. The largest absolute Gasteiger partial charge is 0.373 e. The molecule has 3 heterocycles. The zero-order chi connectivity index (χ0) is 17.1. The summed E-state index contributed by atoms with van der Waals surface area (Å²) in [6.07, 6.45) is 5.42. The van der Waals surface area contributed by atoms with E-state index in [1.54, 1.807) is 10.9 Å². The van der Waals surface area contributed by atoms with Gasteiger partial charge in [0.15, 0.2) is 5.82 Å². The molecule has 1 aliphatic heterocycles. The molecule has 3 aromatic rings. The molecule has 1 fully saturated rings. The van der Waals surface area contributed by atoms with Crippen LogP contribution in [0.2, 0.25) is 0 Å². The first-order valence-electron chi connectivity index (χ1n) is 8.35. The smallest absolute Gasteiger partial charge is 0.224 e. The van der Waals surface area contributed by atoms with E-state index in [1.807, 2.05) is 36.5 Å². The van der Waals surface area contributed by atoms with Crippen molar-refractivity contribution in [2.75, 3.05) is 17.7 Å². The van der Waals surface area contributed by atoms with Crippen LogP contribution in [0.25, 0.3) is 5.82 Å². The van der Waals surface area contributed by atoms with Crippen LogP contribution < -0.4 is 11.1 Å². The van der Waals surface area contributed by atoms with Crippen LogP contribution in [0.4, 0.5) is 11.8 Å². The van der Waals surface area contributed by atoms with Gasteiger partial charge < -0.3 is 15.8 Å². The van der Waals surface area contributed by atoms with Crippen LogP contribution >= 0.6 is 0 Å². The highest BCUT2D eigenvalue weighted by atomic mass is 16.5. The van der Waals surface area contributed by atoms with Gasteiger partial charge in [-0.1, -0.05) is 30.3 Å². The number of nitrogens with zero attached hydrogens (tertiary/aromatic N) is 4. The van der Waals surface area contributed by atoms with E-state index in [2.05, 4.69) is 32.5 Å². The van der Waals surface area contributed by atoms with Gasteiger partial charge in [0.25, 0.3) is 0 Å². The molecule has 0 saturated carbocycles. The molecule has 2 aromatic heterocycles. The number of rotatable bonds is 4. The minimum Gasteiger partial charge on any atom is -0.373 e. The quantitative estimate of drug-likeness (QED) is 0.761. The van der Waals surface area contributed by atoms with Gasteiger partial charge in [0.05, 0.1) is 6.10 Å². The lowest BCUT2D eigenvalue weighted by molar-refractivity contribution is 0.00975. The Morgan fingerprint density at radius 1 is 1.16 bits per heavy atom. The summed E-state index contributed by atoms with van der Waals surface area (Å²) in [6, 6.07) is 14.3. The van der Waals surface area contributed by atoms with Crippen molar-refractivity contribution in [1.82, 2.24) is 19.7 Å².